The first-order valence-electron chi connectivity index (χ1n) is 6.48. The average molecular weight is 272 g/mol. The Labute approximate surface area is 114 Å². The van der Waals surface area contributed by atoms with Crippen molar-refractivity contribution in [3.05, 3.63) is 5.28 Å². The van der Waals surface area contributed by atoms with E-state index >= 15 is 0 Å². The van der Waals surface area contributed by atoms with E-state index in [1.807, 2.05) is 0 Å². The number of nitrogens with zero attached hydrogens (tertiary/aromatic N) is 3. The molecule has 1 rings (SSSR count). The number of hydrogen-bond donors (Lipinski definition) is 2. The predicted molar refractivity (Wildman–Crippen MR) is 76.2 cm³/mol. The highest BCUT2D eigenvalue weighted by atomic mass is 35.5. The van der Waals surface area contributed by atoms with Crippen LogP contribution in [0.3, 0.4) is 0 Å². The number of rotatable bonds is 7. The molecule has 1 unspecified atom stereocenters. The Hall–Kier alpha value is -1.10. The van der Waals surface area contributed by atoms with Gasteiger partial charge in [0.2, 0.25) is 17.2 Å². The Kier molecular flexibility index (Phi) is 6.12. The zero-order valence-corrected chi connectivity index (χ0v) is 12.3. The molecule has 6 heteroatoms. The summed E-state index contributed by atoms with van der Waals surface area (Å²) >= 11 is 5.89. The Morgan fingerprint density at radius 3 is 2.33 bits per heavy atom. The van der Waals surface area contributed by atoms with Gasteiger partial charge in [-0.15, -0.1) is 0 Å². The Bertz CT molecular complexity index is 369. The van der Waals surface area contributed by atoms with Gasteiger partial charge in [-0.1, -0.05) is 27.7 Å². The second-order valence-electron chi connectivity index (χ2n) is 4.58. The molecule has 0 aliphatic carbocycles. The molecule has 0 saturated heterocycles. The van der Waals surface area contributed by atoms with Crippen LogP contribution in [-0.4, -0.2) is 27.5 Å². The minimum Gasteiger partial charge on any atom is -0.354 e. The minimum absolute atomic E-state index is 0.213. The zero-order chi connectivity index (χ0) is 13.5. The third-order valence-corrected chi connectivity index (χ3v) is 2.87. The van der Waals surface area contributed by atoms with E-state index in [-0.39, 0.29) is 5.28 Å². The number of anilines is 2. The van der Waals surface area contributed by atoms with Gasteiger partial charge >= 0.3 is 0 Å². The van der Waals surface area contributed by atoms with Crippen LogP contribution in [0.25, 0.3) is 0 Å². The molecule has 1 aromatic heterocycles. The Morgan fingerprint density at radius 1 is 1.11 bits per heavy atom. The maximum absolute atomic E-state index is 5.89. The van der Waals surface area contributed by atoms with Crippen molar-refractivity contribution in [3.8, 4) is 0 Å². The number of hydrogen-bond acceptors (Lipinski definition) is 5. The quantitative estimate of drug-likeness (QED) is 0.797. The van der Waals surface area contributed by atoms with Crippen LogP contribution < -0.4 is 10.6 Å². The van der Waals surface area contributed by atoms with E-state index in [0.717, 1.165) is 19.4 Å². The molecule has 0 aromatic carbocycles. The monoisotopic (exact) mass is 271 g/mol. The lowest BCUT2D eigenvalue weighted by atomic mass is 10.0. The van der Waals surface area contributed by atoms with Gasteiger partial charge < -0.3 is 10.6 Å². The summed E-state index contributed by atoms with van der Waals surface area (Å²) in [5.74, 6) is 1.57. The van der Waals surface area contributed by atoms with Gasteiger partial charge in [0.1, 0.15) is 0 Å². The largest absolute Gasteiger partial charge is 0.354 e. The molecule has 0 radical (unpaired) electrons. The van der Waals surface area contributed by atoms with Crippen molar-refractivity contribution in [2.75, 3.05) is 17.2 Å². The van der Waals surface area contributed by atoms with E-state index in [4.69, 9.17) is 11.6 Å². The van der Waals surface area contributed by atoms with Crippen molar-refractivity contribution < 1.29 is 0 Å². The van der Waals surface area contributed by atoms with Crippen LogP contribution in [0.2, 0.25) is 5.28 Å². The summed E-state index contributed by atoms with van der Waals surface area (Å²) < 4.78 is 0. The van der Waals surface area contributed by atoms with E-state index in [1.54, 1.807) is 0 Å². The maximum atomic E-state index is 5.89. The molecule has 0 bridgehead atoms. The highest BCUT2D eigenvalue weighted by Gasteiger charge is 2.13. The highest BCUT2D eigenvalue weighted by molar-refractivity contribution is 6.28. The van der Waals surface area contributed by atoms with Crippen LogP contribution in [0.4, 0.5) is 11.9 Å². The molecule has 0 aliphatic rings. The molecule has 0 saturated carbocycles. The van der Waals surface area contributed by atoms with Crippen molar-refractivity contribution in [3.63, 3.8) is 0 Å². The lowest BCUT2D eigenvalue weighted by Crippen LogP contribution is -2.26. The molecular formula is C12H22ClN5. The van der Waals surface area contributed by atoms with Crippen molar-refractivity contribution in [1.29, 1.82) is 0 Å². The Morgan fingerprint density at radius 2 is 1.78 bits per heavy atom. The number of aromatic nitrogens is 3. The third kappa shape index (κ3) is 4.64. The predicted octanol–water partition coefficient (Wildman–Crippen LogP) is 3.19. The summed E-state index contributed by atoms with van der Waals surface area (Å²) in [6.45, 7) is 9.37. The topological polar surface area (TPSA) is 62.7 Å². The van der Waals surface area contributed by atoms with Gasteiger partial charge in [-0.25, -0.2) is 0 Å². The van der Waals surface area contributed by atoms with Gasteiger partial charge in [-0.3, -0.25) is 0 Å². The summed E-state index contributed by atoms with van der Waals surface area (Å²) in [4.78, 5) is 12.5. The summed E-state index contributed by atoms with van der Waals surface area (Å²) in [5, 5.41) is 6.62. The smallest absolute Gasteiger partial charge is 0.229 e. The van der Waals surface area contributed by atoms with Crippen molar-refractivity contribution in [2.24, 2.45) is 5.92 Å². The van der Waals surface area contributed by atoms with Gasteiger partial charge in [-0.2, -0.15) is 15.0 Å². The molecule has 5 nitrogen and oxygen atoms in total. The second kappa shape index (κ2) is 7.36. The summed E-state index contributed by atoms with van der Waals surface area (Å²) in [6, 6.07) is 0.336. The lowest BCUT2D eigenvalue weighted by Gasteiger charge is -2.20. The van der Waals surface area contributed by atoms with E-state index in [9.17, 15) is 0 Å². The van der Waals surface area contributed by atoms with Crippen molar-refractivity contribution >= 4 is 23.5 Å². The molecule has 1 aromatic rings. The number of nitrogens with one attached hydrogen (secondary N) is 2. The molecular weight excluding hydrogens is 250 g/mol. The fourth-order valence-electron chi connectivity index (χ4n) is 1.64. The summed E-state index contributed by atoms with van der Waals surface area (Å²) in [5.41, 5.74) is 0. The van der Waals surface area contributed by atoms with Crippen LogP contribution in [0.15, 0.2) is 0 Å². The second-order valence-corrected chi connectivity index (χ2v) is 4.92. The van der Waals surface area contributed by atoms with E-state index in [2.05, 4.69) is 53.3 Å². The van der Waals surface area contributed by atoms with E-state index in [1.165, 1.54) is 0 Å². The third-order valence-electron chi connectivity index (χ3n) is 2.70. The van der Waals surface area contributed by atoms with Crippen LogP contribution >= 0.6 is 11.6 Å². The van der Waals surface area contributed by atoms with Crippen LogP contribution in [-0.2, 0) is 0 Å². The molecule has 1 heterocycles. The summed E-state index contributed by atoms with van der Waals surface area (Å²) in [6.07, 6.45) is 2.02. The van der Waals surface area contributed by atoms with Gasteiger partial charge in [0.05, 0.1) is 0 Å². The molecule has 102 valence electrons. The Balaban J connectivity index is 2.78. The normalized spacial score (nSPS) is 12.6. The first kappa shape index (κ1) is 15.0. The van der Waals surface area contributed by atoms with Gasteiger partial charge in [0.25, 0.3) is 0 Å². The molecule has 1 atom stereocenters. The van der Waals surface area contributed by atoms with Crippen LogP contribution in [0.5, 0.6) is 0 Å². The molecule has 0 aliphatic heterocycles. The number of halogens is 1. The zero-order valence-electron chi connectivity index (χ0n) is 11.5. The van der Waals surface area contributed by atoms with Crippen LogP contribution in [0, 0.1) is 5.92 Å². The first-order valence-corrected chi connectivity index (χ1v) is 6.86. The van der Waals surface area contributed by atoms with Crippen molar-refractivity contribution in [1.82, 2.24) is 15.0 Å². The minimum atomic E-state index is 0.213. The fourth-order valence-corrected chi connectivity index (χ4v) is 1.80. The van der Waals surface area contributed by atoms with Gasteiger partial charge in [-0.05, 0) is 30.4 Å². The van der Waals surface area contributed by atoms with E-state index < -0.39 is 0 Å². The SMILES string of the molecule is CCCNc1nc(Cl)nc(NC(CC)C(C)C)n1. The lowest BCUT2D eigenvalue weighted by molar-refractivity contribution is 0.508. The molecule has 2 N–H and O–H groups in total. The molecule has 0 spiro atoms. The average Bonchev–Trinajstić information content (AvgIpc) is 2.32. The standard InChI is InChI=1S/C12H22ClN5/c1-5-7-14-11-16-10(13)17-12(18-11)15-9(6-2)8(3)4/h8-9H,5-7H2,1-4H3,(H2,14,15,16,17,18). The van der Waals surface area contributed by atoms with Crippen molar-refractivity contribution in [2.45, 2.75) is 46.6 Å². The maximum Gasteiger partial charge on any atom is 0.229 e. The van der Waals surface area contributed by atoms with Gasteiger partial charge in [0.15, 0.2) is 0 Å². The molecule has 0 amide bonds. The van der Waals surface area contributed by atoms with Crippen LogP contribution in [0.1, 0.15) is 40.5 Å². The molecule has 18 heavy (non-hydrogen) atoms. The van der Waals surface area contributed by atoms with Gasteiger partial charge in [0, 0.05) is 12.6 Å². The first-order chi connectivity index (χ1) is 8.56. The molecule has 0 fully saturated rings. The summed E-state index contributed by atoms with van der Waals surface area (Å²) in [7, 11) is 0. The highest BCUT2D eigenvalue weighted by Crippen LogP contribution is 2.14. The van der Waals surface area contributed by atoms with E-state index in [0.29, 0.717) is 23.9 Å². The fraction of sp³-hybridized carbons (Fsp3) is 0.750.